The Bertz CT molecular complexity index is 407. The van der Waals surface area contributed by atoms with E-state index in [0.717, 1.165) is 17.9 Å². The molecule has 0 aliphatic rings. The zero-order valence-corrected chi connectivity index (χ0v) is 8.84. The van der Waals surface area contributed by atoms with E-state index in [-0.39, 0.29) is 6.04 Å². The maximum Gasteiger partial charge on any atom is 0.121 e. The molecule has 0 bridgehead atoms. The number of nitrogens with one attached hydrogen (secondary N) is 1. The van der Waals surface area contributed by atoms with Crippen LogP contribution in [0.1, 0.15) is 17.5 Å². The highest BCUT2D eigenvalue weighted by Gasteiger charge is 2.14. The van der Waals surface area contributed by atoms with Crippen LogP contribution in [0.2, 0.25) is 0 Å². The van der Waals surface area contributed by atoms with Crippen LogP contribution < -0.4 is 5.32 Å². The topological polar surface area (TPSA) is 55.9 Å². The fraction of sp³-hybridized carbons (Fsp3) is 0.400. The molecule has 80 valence electrons. The summed E-state index contributed by atoms with van der Waals surface area (Å²) in [5.41, 5.74) is 0.952. The van der Waals surface area contributed by atoms with E-state index in [1.54, 1.807) is 10.9 Å². The van der Waals surface area contributed by atoms with E-state index in [1.807, 2.05) is 32.4 Å². The Balaban J connectivity index is 2.09. The quantitative estimate of drug-likeness (QED) is 0.808. The van der Waals surface area contributed by atoms with Crippen LogP contribution in [0.15, 0.2) is 29.0 Å². The number of furan rings is 1. The highest BCUT2D eigenvalue weighted by atomic mass is 16.3. The molecular formula is C10H14N4O. The lowest BCUT2D eigenvalue weighted by Gasteiger charge is -2.10. The van der Waals surface area contributed by atoms with E-state index < -0.39 is 0 Å². The second-order valence-electron chi connectivity index (χ2n) is 3.44. The van der Waals surface area contributed by atoms with Gasteiger partial charge in [0.15, 0.2) is 0 Å². The minimum absolute atomic E-state index is 0.150. The average Bonchev–Trinajstić information content (AvgIpc) is 2.85. The molecule has 2 aromatic heterocycles. The Morgan fingerprint density at radius 3 is 3.00 bits per heavy atom. The molecule has 1 atom stereocenters. The second kappa shape index (κ2) is 4.27. The summed E-state index contributed by atoms with van der Waals surface area (Å²) in [6.07, 6.45) is 4.36. The number of rotatable bonds is 4. The predicted molar refractivity (Wildman–Crippen MR) is 55.2 cm³/mol. The van der Waals surface area contributed by atoms with Crippen LogP contribution >= 0.6 is 0 Å². The van der Waals surface area contributed by atoms with Crippen LogP contribution in [0.4, 0.5) is 0 Å². The van der Waals surface area contributed by atoms with Crippen molar-refractivity contribution >= 4 is 0 Å². The van der Waals surface area contributed by atoms with Gasteiger partial charge >= 0.3 is 0 Å². The standard InChI is InChI=1S/C10H14N4O/c1-11-9(10-4-3-5-15-10)6-8-7-14(2)13-12-8/h3-5,7,9,11H,6H2,1-2H3. The van der Waals surface area contributed by atoms with Gasteiger partial charge in [-0.3, -0.25) is 4.68 Å². The second-order valence-corrected chi connectivity index (χ2v) is 3.44. The first kappa shape index (κ1) is 9.92. The lowest BCUT2D eigenvalue weighted by molar-refractivity contribution is 0.427. The Kier molecular flexibility index (Phi) is 2.82. The number of hydrogen-bond donors (Lipinski definition) is 1. The largest absolute Gasteiger partial charge is 0.468 e. The molecule has 2 rings (SSSR count). The highest BCUT2D eigenvalue weighted by molar-refractivity contribution is 5.08. The van der Waals surface area contributed by atoms with Crippen molar-refractivity contribution in [1.29, 1.82) is 0 Å². The van der Waals surface area contributed by atoms with Crippen molar-refractivity contribution in [2.45, 2.75) is 12.5 Å². The van der Waals surface area contributed by atoms with Gasteiger partial charge in [0.2, 0.25) is 0 Å². The molecule has 1 N–H and O–H groups in total. The molecular weight excluding hydrogens is 192 g/mol. The number of nitrogens with zero attached hydrogens (tertiary/aromatic N) is 3. The third kappa shape index (κ3) is 2.24. The summed E-state index contributed by atoms with van der Waals surface area (Å²) in [5.74, 6) is 0.920. The molecule has 0 aromatic carbocycles. The lowest BCUT2D eigenvalue weighted by atomic mass is 10.1. The zero-order chi connectivity index (χ0) is 10.7. The Morgan fingerprint density at radius 2 is 2.47 bits per heavy atom. The SMILES string of the molecule is CNC(Cc1cn(C)nn1)c1ccco1. The summed E-state index contributed by atoms with van der Waals surface area (Å²) >= 11 is 0. The molecule has 0 saturated heterocycles. The van der Waals surface area contributed by atoms with Crippen molar-refractivity contribution in [3.8, 4) is 0 Å². The minimum atomic E-state index is 0.150. The highest BCUT2D eigenvalue weighted by Crippen LogP contribution is 2.16. The smallest absolute Gasteiger partial charge is 0.121 e. The molecule has 1 unspecified atom stereocenters. The van der Waals surface area contributed by atoms with E-state index >= 15 is 0 Å². The molecule has 5 heteroatoms. The number of aromatic nitrogens is 3. The summed E-state index contributed by atoms with van der Waals surface area (Å²) in [5, 5.41) is 11.1. The first-order valence-corrected chi connectivity index (χ1v) is 4.85. The average molecular weight is 206 g/mol. The van der Waals surface area contributed by atoms with Crippen molar-refractivity contribution in [3.63, 3.8) is 0 Å². The first-order valence-electron chi connectivity index (χ1n) is 4.85. The van der Waals surface area contributed by atoms with Gasteiger partial charge in [-0.15, -0.1) is 5.10 Å². The third-order valence-corrected chi connectivity index (χ3v) is 2.30. The predicted octanol–water partition coefficient (Wildman–Crippen LogP) is 0.911. The van der Waals surface area contributed by atoms with Gasteiger partial charge in [-0.1, -0.05) is 5.21 Å². The maximum atomic E-state index is 5.35. The molecule has 0 saturated carbocycles. The third-order valence-electron chi connectivity index (χ3n) is 2.30. The number of hydrogen-bond acceptors (Lipinski definition) is 4. The van der Waals surface area contributed by atoms with E-state index in [1.165, 1.54) is 0 Å². The normalized spacial score (nSPS) is 12.9. The molecule has 0 aliphatic heterocycles. The maximum absolute atomic E-state index is 5.35. The zero-order valence-electron chi connectivity index (χ0n) is 8.84. The van der Waals surface area contributed by atoms with Crippen LogP contribution in [-0.2, 0) is 13.5 Å². The summed E-state index contributed by atoms with van der Waals surface area (Å²) in [7, 11) is 3.77. The van der Waals surface area contributed by atoms with Crippen molar-refractivity contribution in [2.75, 3.05) is 7.05 Å². The Morgan fingerprint density at radius 1 is 1.60 bits per heavy atom. The lowest BCUT2D eigenvalue weighted by Crippen LogP contribution is -2.18. The fourth-order valence-electron chi connectivity index (χ4n) is 1.53. The monoisotopic (exact) mass is 206 g/mol. The van der Waals surface area contributed by atoms with Gasteiger partial charge in [0.25, 0.3) is 0 Å². The van der Waals surface area contributed by atoms with E-state index in [0.29, 0.717) is 0 Å². The fourth-order valence-corrected chi connectivity index (χ4v) is 1.53. The molecule has 0 aliphatic carbocycles. The first-order chi connectivity index (χ1) is 7.29. The van der Waals surface area contributed by atoms with Gasteiger partial charge in [0, 0.05) is 19.7 Å². The van der Waals surface area contributed by atoms with E-state index in [2.05, 4.69) is 15.6 Å². The van der Waals surface area contributed by atoms with Gasteiger partial charge < -0.3 is 9.73 Å². The number of likely N-dealkylation sites (N-methyl/N-ethyl adjacent to an activating group) is 1. The van der Waals surface area contributed by atoms with Crippen molar-refractivity contribution in [1.82, 2.24) is 20.3 Å². The Hall–Kier alpha value is -1.62. The van der Waals surface area contributed by atoms with Gasteiger partial charge in [-0.2, -0.15) is 0 Å². The van der Waals surface area contributed by atoms with E-state index in [9.17, 15) is 0 Å². The van der Waals surface area contributed by atoms with Crippen LogP contribution in [0.5, 0.6) is 0 Å². The number of aryl methyl sites for hydroxylation is 1. The van der Waals surface area contributed by atoms with Crippen LogP contribution in [0.3, 0.4) is 0 Å². The molecule has 5 nitrogen and oxygen atoms in total. The molecule has 0 amide bonds. The molecule has 0 spiro atoms. The molecule has 2 heterocycles. The van der Waals surface area contributed by atoms with Gasteiger partial charge in [0.1, 0.15) is 5.76 Å². The van der Waals surface area contributed by atoms with Gasteiger partial charge in [-0.25, -0.2) is 0 Å². The summed E-state index contributed by atoms with van der Waals surface area (Å²) in [4.78, 5) is 0. The van der Waals surface area contributed by atoms with Gasteiger partial charge in [0.05, 0.1) is 18.0 Å². The molecule has 2 aromatic rings. The molecule has 0 radical (unpaired) electrons. The molecule has 15 heavy (non-hydrogen) atoms. The summed E-state index contributed by atoms with van der Waals surface area (Å²) < 4.78 is 7.05. The van der Waals surface area contributed by atoms with Crippen LogP contribution in [-0.4, -0.2) is 22.0 Å². The minimum Gasteiger partial charge on any atom is -0.468 e. The Labute approximate surface area is 88.1 Å². The molecule has 0 fully saturated rings. The van der Waals surface area contributed by atoms with Crippen LogP contribution in [0.25, 0.3) is 0 Å². The van der Waals surface area contributed by atoms with Crippen molar-refractivity contribution in [3.05, 3.63) is 36.0 Å². The van der Waals surface area contributed by atoms with Crippen LogP contribution in [0, 0.1) is 0 Å². The summed E-state index contributed by atoms with van der Waals surface area (Å²) in [6, 6.07) is 3.99. The van der Waals surface area contributed by atoms with Gasteiger partial charge in [-0.05, 0) is 19.2 Å². The van der Waals surface area contributed by atoms with E-state index in [4.69, 9.17) is 4.42 Å². The summed E-state index contributed by atoms with van der Waals surface area (Å²) in [6.45, 7) is 0. The van der Waals surface area contributed by atoms with Crippen molar-refractivity contribution < 1.29 is 4.42 Å². The van der Waals surface area contributed by atoms with Crippen molar-refractivity contribution in [2.24, 2.45) is 7.05 Å².